The Balaban J connectivity index is 2.23. The third-order valence-corrected chi connectivity index (χ3v) is 3.71. The first-order valence-corrected chi connectivity index (χ1v) is 6.79. The fraction of sp³-hybridized carbons (Fsp3) is 0.143. The van der Waals surface area contributed by atoms with Crippen molar-refractivity contribution in [1.82, 2.24) is 0 Å². The second-order valence-electron chi connectivity index (χ2n) is 4.46. The van der Waals surface area contributed by atoms with Crippen molar-refractivity contribution < 1.29 is 9.31 Å². The molecule has 0 aliphatic rings. The zero-order valence-electron chi connectivity index (χ0n) is 10.9. The van der Waals surface area contributed by atoms with Crippen molar-refractivity contribution in [3.8, 4) is 0 Å². The molecule has 21 heavy (non-hydrogen) atoms. The highest BCUT2D eigenvalue weighted by molar-refractivity contribution is 6.42. The lowest BCUT2D eigenvalue weighted by Crippen LogP contribution is -2.07. The Morgan fingerprint density at radius 3 is 2.52 bits per heavy atom. The second kappa shape index (κ2) is 6.28. The Morgan fingerprint density at radius 1 is 1.19 bits per heavy atom. The van der Waals surface area contributed by atoms with E-state index < -0.39 is 16.4 Å². The fourth-order valence-corrected chi connectivity index (χ4v) is 2.16. The largest absolute Gasteiger partial charge is 0.378 e. The van der Waals surface area contributed by atoms with E-state index in [1.807, 2.05) is 6.92 Å². The van der Waals surface area contributed by atoms with Crippen LogP contribution in [0.15, 0.2) is 36.4 Å². The van der Waals surface area contributed by atoms with Crippen LogP contribution in [0.3, 0.4) is 0 Å². The summed E-state index contributed by atoms with van der Waals surface area (Å²) < 4.78 is 13.3. The quantitative estimate of drug-likeness (QED) is 0.618. The summed E-state index contributed by atoms with van der Waals surface area (Å²) >= 11 is 11.8. The standard InChI is InChI=1S/C14H11Cl2FN2O2/c1-8(9-2-4-11(15)12(16)6-9)18-10-3-5-13(17)14(7-10)19(20)21/h2-8,18H,1H3. The summed E-state index contributed by atoms with van der Waals surface area (Å²) in [5.41, 5.74) is 0.736. The molecule has 2 aromatic rings. The fourth-order valence-electron chi connectivity index (χ4n) is 1.86. The normalized spacial score (nSPS) is 12.0. The average Bonchev–Trinajstić information content (AvgIpc) is 2.43. The van der Waals surface area contributed by atoms with Crippen molar-refractivity contribution in [3.63, 3.8) is 0 Å². The predicted molar refractivity (Wildman–Crippen MR) is 81.6 cm³/mol. The van der Waals surface area contributed by atoms with E-state index in [0.717, 1.165) is 17.7 Å². The molecule has 0 bridgehead atoms. The number of nitro benzene ring substituents is 1. The van der Waals surface area contributed by atoms with Gasteiger partial charge >= 0.3 is 5.69 Å². The molecule has 0 saturated carbocycles. The van der Waals surface area contributed by atoms with E-state index in [9.17, 15) is 14.5 Å². The first kappa shape index (κ1) is 15.5. The van der Waals surface area contributed by atoms with Crippen LogP contribution in [0.25, 0.3) is 0 Å². The number of anilines is 1. The molecule has 0 aliphatic heterocycles. The van der Waals surface area contributed by atoms with Gasteiger partial charge in [-0.2, -0.15) is 4.39 Å². The summed E-state index contributed by atoms with van der Waals surface area (Å²) in [5.74, 6) is -0.868. The maximum absolute atomic E-state index is 13.3. The van der Waals surface area contributed by atoms with Crippen LogP contribution in [0, 0.1) is 15.9 Å². The molecule has 1 N–H and O–H groups in total. The summed E-state index contributed by atoms with van der Waals surface area (Å²) in [4.78, 5) is 9.96. The van der Waals surface area contributed by atoms with Gasteiger partial charge in [0.25, 0.3) is 0 Å². The number of rotatable bonds is 4. The van der Waals surface area contributed by atoms with E-state index in [-0.39, 0.29) is 6.04 Å². The van der Waals surface area contributed by atoms with Gasteiger partial charge in [-0.1, -0.05) is 29.3 Å². The molecular weight excluding hydrogens is 318 g/mol. The Morgan fingerprint density at radius 2 is 1.90 bits per heavy atom. The molecule has 2 rings (SSSR count). The molecule has 0 saturated heterocycles. The molecule has 0 radical (unpaired) electrons. The van der Waals surface area contributed by atoms with Crippen LogP contribution in [0.2, 0.25) is 10.0 Å². The lowest BCUT2D eigenvalue weighted by atomic mass is 10.1. The van der Waals surface area contributed by atoms with Gasteiger partial charge in [0.15, 0.2) is 0 Å². The van der Waals surface area contributed by atoms with Crippen molar-refractivity contribution in [3.05, 3.63) is 67.9 Å². The maximum Gasteiger partial charge on any atom is 0.306 e. The summed E-state index contributed by atoms with van der Waals surface area (Å²) in [5, 5.41) is 14.6. The Hall–Kier alpha value is -1.85. The Labute approximate surface area is 130 Å². The first-order chi connectivity index (χ1) is 9.88. The minimum atomic E-state index is -0.868. The molecule has 0 heterocycles. The van der Waals surface area contributed by atoms with Crippen LogP contribution in [-0.2, 0) is 0 Å². The lowest BCUT2D eigenvalue weighted by Gasteiger charge is -2.16. The van der Waals surface area contributed by atoms with Crippen LogP contribution < -0.4 is 5.32 Å². The molecule has 7 heteroatoms. The lowest BCUT2D eigenvalue weighted by molar-refractivity contribution is -0.387. The van der Waals surface area contributed by atoms with Gasteiger partial charge in [0.05, 0.1) is 15.0 Å². The second-order valence-corrected chi connectivity index (χ2v) is 5.28. The topological polar surface area (TPSA) is 55.2 Å². The molecule has 2 aromatic carbocycles. The highest BCUT2D eigenvalue weighted by Gasteiger charge is 2.15. The number of hydrogen-bond donors (Lipinski definition) is 1. The van der Waals surface area contributed by atoms with Crippen molar-refractivity contribution >= 4 is 34.6 Å². The first-order valence-electron chi connectivity index (χ1n) is 6.04. The van der Waals surface area contributed by atoms with Gasteiger partial charge < -0.3 is 5.32 Å². The minimum absolute atomic E-state index is 0.176. The van der Waals surface area contributed by atoms with E-state index in [1.54, 1.807) is 18.2 Å². The van der Waals surface area contributed by atoms with Gasteiger partial charge in [0, 0.05) is 17.8 Å². The van der Waals surface area contributed by atoms with Crippen molar-refractivity contribution in [2.75, 3.05) is 5.32 Å². The van der Waals surface area contributed by atoms with E-state index in [2.05, 4.69) is 5.32 Å². The van der Waals surface area contributed by atoms with Gasteiger partial charge in [-0.3, -0.25) is 10.1 Å². The van der Waals surface area contributed by atoms with E-state index in [1.165, 1.54) is 6.07 Å². The third-order valence-electron chi connectivity index (χ3n) is 2.97. The van der Waals surface area contributed by atoms with E-state index in [4.69, 9.17) is 23.2 Å². The van der Waals surface area contributed by atoms with E-state index in [0.29, 0.717) is 15.7 Å². The molecule has 0 amide bonds. The highest BCUT2D eigenvalue weighted by atomic mass is 35.5. The van der Waals surface area contributed by atoms with Crippen LogP contribution in [-0.4, -0.2) is 4.92 Å². The molecule has 110 valence electrons. The van der Waals surface area contributed by atoms with Crippen LogP contribution in [0.5, 0.6) is 0 Å². The molecule has 0 fully saturated rings. The number of halogens is 3. The molecule has 0 spiro atoms. The average molecular weight is 329 g/mol. The number of nitrogens with one attached hydrogen (secondary N) is 1. The highest BCUT2D eigenvalue weighted by Crippen LogP contribution is 2.28. The van der Waals surface area contributed by atoms with Crippen LogP contribution in [0.4, 0.5) is 15.8 Å². The van der Waals surface area contributed by atoms with Crippen LogP contribution >= 0.6 is 23.2 Å². The zero-order chi connectivity index (χ0) is 15.6. The van der Waals surface area contributed by atoms with Crippen molar-refractivity contribution in [1.29, 1.82) is 0 Å². The van der Waals surface area contributed by atoms with Gasteiger partial charge in [0.2, 0.25) is 5.82 Å². The predicted octanol–water partition coefficient (Wildman–Crippen LogP) is 5.21. The van der Waals surface area contributed by atoms with E-state index >= 15 is 0 Å². The molecule has 1 atom stereocenters. The Bertz CT molecular complexity index is 695. The number of nitro groups is 1. The smallest absolute Gasteiger partial charge is 0.306 e. The SMILES string of the molecule is CC(Nc1ccc(F)c([N+](=O)[O-])c1)c1ccc(Cl)c(Cl)c1. The monoisotopic (exact) mass is 328 g/mol. The Kier molecular flexibility index (Phi) is 4.65. The molecule has 4 nitrogen and oxygen atoms in total. The van der Waals surface area contributed by atoms with Crippen LogP contribution in [0.1, 0.15) is 18.5 Å². The number of nitrogens with zero attached hydrogens (tertiary/aromatic N) is 1. The number of hydrogen-bond acceptors (Lipinski definition) is 3. The molecule has 1 unspecified atom stereocenters. The van der Waals surface area contributed by atoms with Crippen molar-refractivity contribution in [2.45, 2.75) is 13.0 Å². The van der Waals surface area contributed by atoms with Gasteiger partial charge in [-0.15, -0.1) is 0 Å². The summed E-state index contributed by atoms with van der Waals surface area (Å²) in [7, 11) is 0. The minimum Gasteiger partial charge on any atom is -0.378 e. The third kappa shape index (κ3) is 3.62. The van der Waals surface area contributed by atoms with Gasteiger partial charge in [-0.25, -0.2) is 0 Å². The van der Waals surface area contributed by atoms with Crippen molar-refractivity contribution in [2.24, 2.45) is 0 Å². The molecule has 0 aromatic heterocycles. The molecule has 0 aliphatic carbocycles. The summed E-state index contributed by atoms with van der Waals surface area (Å²) in [6.07, 6.45) is 0. The molecular formula is C14H11Cl2FN2O2. The summed E-state index contributed by atoms with van der Waals surface area (Å²) in [6, 6.07) is 8.65. The van der Waals surface area contributed by atoms with Gasteiger partial charge in [0.1, 0.15) is 0 Å². The van der Waals surface area contributed by atoms with Gasteiger partial charge in [-0.05, 0) is 36.8 Å². The maximum atomic E-state index is 13.3. The zero-order valence-corrected chi connectivity index (χ0v) is 12.5. The summed E-state index contributed by atoms with van der Waals surface area (Å²) in [6.45, 7) is 1.86. The number of benzene rings is 2.